The number of carboxylic acids is 1. The Balaban J connectivity index is 1.75. The van der Waals surface area contributed by atoms with Gasteiger partial charge in [0.2, 0.25) is 11.8 Å². The summed E-state index contributed by atoms with van der Waals surface area (Å²) in [5.41, 5.74) is -1.47. The third kappa shape index (κ3) is 6.64. The Morgan fingerprint density at radius 3 is 2.36 bits per heavy atom. The largest absolute Gasteiger partial charge is 0.478 e. The van der Waals surface area contributed by atoms with E-state index < -0.39 is 59.7 Å². The van der Waals surface area contributed by atoms with Gasteiger partial charge in [-0.3, -0.25) is 14.5 Å². The molecular weight excluding hydrogens is 572 g/mol. The highest BCUT2D eigenvalue weighted by molar-refractivity contribution is 6.11. The molecule has 222 valence electrons. The number of nitrogens with zero attached hydrogens (tertiary/aromatic N) is 3. The molecule has 1 aliphatic rings. The molecule has 1 N–H and O–H groups in total. The van der Waals surface area contributed by atoms with E-state index in [1.807, 2.05) is 0 Å². The van der Waals surface area contributed by atoms with Crippen LogP contribution in [-0.4, -0.2) is 58.1 Å². The lowest BCUT2D eigenvalue weighted by molar-refractivity contribution is -0.182. The second-order valence-electron chi connectivity index (χ2n) is 9.48. The molecule has 0 radical (unpaired) electrons. The Hall–Kier alpha value is -4.62. The summed E-state index contributed by atoms with van der Waals surface area (Å²) in [5.74, 6) is -4.83. The number of likely N-dealkylation sites (tertiary alicyclic amines) is 1. The van der Waals surface area contributed by atoms with E-state index in [4.69, 9.17) is 4.74 Å². The van der Waals surface area contributed by atoms with Gasteiger partial charge in [0, 0.05) is 18.3 Å². The van der Waals surface area contributed by atoms with Crippen LogP contribution in [0.2, 0.25) is 0 Å². The van der Waals surface area contributed by atoms with Gasteiger partial charge in [0.1, 0.15) is 23.9 Å². The van der Waals surface area contributed by atoms with Crippen LogP contribution in [0.3, 0.4) is 0 Å². The molecule has 3 aromatic rings. The van der Waals surface area contributed by atoms with Gasteiger partial charge in [-0.1, -0.05) is 17.7 Å². The van der Waals surface area contributed by atoms with Crippen molar-refractivity contribution in [3.8, 4) is 11.6 Å². The molecule has 14 heteroatoms. The molecule has 2 amide bonds. The first-order valence-corrected chi connectivity index (χ1v) is 12.5. The Morgan fingerprint density at radius 1 is 1.05 bits per heavy atom. The first-order chi connectivity index (χ1) is 19.7. The fourth-order valence-electron chi connectivity index (χ4n) is 4.53. The molecule has 1 fully saturated rings. The number of pyridine rings is 1. The number of ether oxygens (including phenoxy) is 1. The zero-order valence-electron chi connectivity index (χ0n) is 21.9. The van der Waals surface area contributed by atoms with Crippen molar-refractivity contribution in [2.75, 3.05) is 18.0 Å². The fourth-order valence-corrected chi connectivity index (χ4v) is 4.53. The number of carbonyl (C=O) groups is 3. The van der Waals surface area contributed by atoms with Crippen molar-refractivity contribution in [1.29, 1.82) is 0 Å². The third-order valence-corrected chi connectivity index (χ3v) is 6.57. The molecule has 1 aliphatic heterocycles. The van der Waals surface area contributed by atoms with E-state index in [0.29, 0.717) is 4.90 Å². The maximum Gasteiger partial charge on any atom is 0.421 e. The second-order valence-corrected chi connectivity index (χ2v) is 9.48. The first-order valence-electron chi connectivity index (χ1n) is 12.5. The van der Waals surface area contributed by atoms with Crippen LogP contribution in [0, 0.1) is 6.92 Å². The molecule has 8 nitrogen and oxygen atoms in total. The maximum absolute atomic E-state index is 13.6. The summed E-state index contributed by atoms with van der Waals surface area (Å²) in [7, 11) is 0. The molecule has 2 aromatic carbocycles. The SMILES string of the molecule is Cc1ccc(C(=O)N(CC(=O)N2CCCC2C(F)(F)F)c2ccc(Oc3ncccc3C(F)(F)F)cc2C(=O)O)cc1. The van der Waals surface area contributed by atoms with Gasteiger partial charge in [-0.05, 0) is 62.2 Å². The summed E-state index contributed by atoms with van der Waals surface area (Å²) in [5, 5.41) is 9.94. The lowest BCUT2D eigenvalue weighted by atomic mass is 10.1. The summed E-state index contributed by atoms with van der Waals surface area (Å²) in [6, 6.07) is 8.58. The van der Waals surface area contributed by atoms with Gasteiger partial charge in [0.05, 0.1) is 11.3 Å². The zero-order chi connectivity index (χ0) is 30.8. The highest BCUT2D eigenvalue weighted by Gasteiger charge is 2.48. The van der Waals surface area contributed by atoms with Crippen LogP contribution in [-0.2, 0) is 11.0 Å². The van der Waals surface area contributed by atoms with E-state index in [0.717, 1.165) is 47.0 Å². The van der Waals surface area contributed by atoms with Gasteiger partial charge >= 0.3 is 18.3 Å². The molecular formula is C28H23F6N3O5. The molecule has 0 spiro atoms. The average Bonchev–Trinajstić information content (AvgIpc) is 3.43. The molecule has 0 bridgehead atoms. The van der Waals surface area contributed by atoms with Gasteiger partial charge in [-0.25, -0.2) is 9.78 Å². The van der Waals surface area contributed by atoms with Crippen LogP contribution >= 0.6 is 0 Å². The Morgan fingerprint density at radius 2 is 1.74 bits per heavy atom. The van der Waals surface area contributed by atoms with Crippen molar-refractivity contribution in [1.82, 2.24) is 9.88 Å². The van der Waals surface area contributed by atoms with Gasteiger partial charge in [0.25, 0.3) is 5.91 Å². The van der Waals surface area contributed by atoms with Crippen LogP contribution in [0.15, 0.2) is 60.8 Å². The molecule has 2 heterocycles. The fraction of sp³-hybridized carbons (Fsp3) is 0.286. The van der Waals surface area contributed by atoms with Crippen LogP contribution in [0.25, 0.3) is 0 Å². The lowest BCUT2D eigenvalue weighted by Gasteiger charge is -2.30. The number of aromatic nitrogens is 1. The van der Waals surface area contributed by atoms with E-state index in [2.05, 4.69) is 4.98 Å². The smallest absolute Gasteiger partial charge is 0.421 e. The highest BCUT2D eigenvalue weighted by atomic mass is 19.4. The van der Waals surface area contributed by atoms with E-state index in [-0.39, 0.29) is 36.4 Å². The van der Waals surface area contributed by atoms with E-state index >= 15 is 0 Å². The molecule has 1 aromatic heterocycles. The van der Waals surface area contributed by atoms with E-state index in [1.54, 1.807) is 19.1 Å². The predicted octanol–water partition coefficient (Wildman–Crippen LogP) is 6.10. The number of amides is 2. The average molecular weight is 595 g/mol. The summed E-state index contributed by atoms with van der Waals surface area (Å²) in [4.78, 5) is 43.9. The number of carboxylic acid groups (broad SMARTS) is 1. The summed E-state index contributed by atoms with van der Waals surface area (Å²) >= 11 is 0. The third-order valence-electron chi connectivity index (χ3n) is 6.57. The molecule has 4 rings (SSSR count). The van der Waals surface area contributed by atoms with Crippen molar-refractivity contribution < 1.29 is 50.6 Å². The number of hydrogen-bond acceptors (Lipinski definition) is 5. The molecule has 42 heavy (non-hydrogen) atoms. The van der Waals surface area contributed by atoms with Crippen molar-refractivity contribution in [2.24, 2.45) is 0 Å². The number of carbonyl (C=O) groups excluding carboxylic acids is 2. The van der Waals surface area contributed by atoms with Gasteiger partial charge < -0.3 is 14.7 Å². The number of aryl methyl sites for hydroxylation is 1. The van der Waals surface area contributed by atoms with Gasteiger partial charge in [0.15, 0.2) is 0 Å². The Bertz CT molecular complexity index is 1490. The van der Waals surface area contributed by atoms with Crippen LogP contribution in [0.4, 0.5) is 32.0 Å². The minimum absolute atomic E-state index is 0.0159. The van der Waals surface area contributed by atoms with Gasteiger partial charge in [-0.2, -0.15) is 26.3 Å². The topological polar surface area (TPSA) is 100 Å². The van der Waals surface area contributed by atoms with Crippen molar-refractivity contribution in [2.45, 2.75) is 38.2 Å². The van der Waals surface area contributed by atoms with Gasteiger partial charge in [-0.15, -0.1) is 0 Å². The summed E-state index contributed by atoms with van der Waals surface area (Å²) < 4.78 is 86.0. The number of anilines is 1. The predicted molar refractivity (Wildman–Crippen MR) is 136 cm³/mol. The summed E-state index contributed by atoms with van der Waals surface area (Å²) in [6.45, 7) is 0.602. The minimum atomic E-state index is -4.83. The number of rotatable bonds is 7. The number of benzene rings is 2. The van der Waals surface area contributed by atoms with E-state index in [9.17, 15) is 45.8 Å². The summed E-state index contributed by atoms with van der Waals surface area (Å²) in [6.07, 6.45) is -8.73. The monoisotopic (exact) mass is 595 g/mol. The standard InChI is InChI=1S/C28H23F6N3O5/c1-16-6-8-17(9-7-16)25(39)37(15-23(38)36-13-3-5-22(36)28(32,33)34)21-11-10-18(14-19(21)26(40)41)42-24-20(27(29,30)31)4-2-12-35-24/h2,4,6-12,14,22H,3,5,13,15H2,1H3,(H,40,41). The number of aromatic carboxylic acids is 1. The normalized spacial score (nSPS) is 15.4. The maximum atomic E-state index is 13.6. The van der Waals surface area contributed by atoms with Crippen molar-refractivity contribution >= 4 is 23.5 Å². The number of halogens is 6. The Labute approximate surface area is 235 Å². The van der Waals surface area contributed by atoms with E-state index in [1.165, 1.54) is 12.1 Å². The van der Waals surface area contributed by atoms with Crippen LogP contribution < -0.4 is 9.64 Å². The molecule has 1 unspecified atom stereocenters. The highest BCUT2D eigenvalue weighted by Crippen LogP contribution is 2.38. The van der Waals surface area contributed by atoms with Crippen molar-refractivity contribution in [3.05, 3.63) is 83.0 Å². The molecule has 1 saturated heterocycles. The van der Waals surface area contributed by atoms with Crippen LogP contribution in [0.5, 0.6) is 11.6 Å². The second kappa shape index (κ2) is 11.7. The number of hydrogen-bond donors (Lipinski definition) is 1. The molecule has 0 aliphatic carbocycles. The quantitative estimate of drug-likeness (QED) is 0.332. The van der Waals surface area contributed by atoms with Crippen molar-refractivity contribution in [3.63, 3.8) is 0 Å². The molecule has 0 saturated carbocycles. The van der Waals surface area contributed by atoms with Crippen LogP contribution in [0.1, 0.15) is 44.7 Å². The first kappa shape index (κ1) is 30.3. The minimum Gasteiger partial charge on any atom is -0.478 e. The molecule has 1 atom stereocenters. The zero-order valence-corrected chi connectivity index (χ0v) is 21.9. The number of alkyl halides is 6. The lowest BCUT2D eigenvalue weighted by Crippen LogP contribution is -2.49. The Kier molecular flexibility index (Phi) is 8.45.